The maximum absolute atomic E-state index is 12.0. The van der Waals surface area contributed by atoms with E-state index in [4.69, 9.17) is 10.2 Å². The molecule has 1 atom stereocenters. The maximum atomic E-state index is 12.0. The molecule has 0 fully saturated rings. The molecule has 7 heteroatoms. The third kappa shape index (κ3) is 6.37. The van der Waals surface area contributed by atoms with E-state index in [1.165, 1.54) is 18.4 Å². The van der Waals surface area contributed by atoms with Gasteiger partial charge in [-0.05, 0) is 30.2 Å². The molecule has 136 valence electrons. The van der Waals surface area contributed by atoms with E-state index < -0.39 is 17.9 Å². The van der Waals surface area contributed by atoms with E-state index in [9.17, 15) is 14.4 Å². The van der Waals surface area contributed by atoms with Crippen molar-refractivity contribution in [2.24, 2.45) is 5.73 Å². The normalized spacial score (nSPS) is 11.9. The van der Waals surface area contributed by atoms with E-state index >= 15 is 0 Å². The summed E-state index contributed by atoms with van der Waals surface area (Å²) < 4.78 is 5.06. The van der Waals surface area contributed by atoms with Gasteiger partial charge in [-0.1, -0.05) is 30.3 Å². The molecule has 0 saturated heterocycles. The molecule has 2 amide bonds. The molecule has 0 unspecified atom stereocenters. The summed E-state index contributed by atoms with van der Waals surface area (Å²) in [5.74, 6) is -0.652. The SMILES string of the molecule is NCC(=O)[C@@H](Cc1ccccc1)NC(=O)CNC(=O)/C=C/c1ccco1. The van der Waals surface area contributed by atoms with Crippen LogP contribution in [0.25, 0.3) is 6.08 Å². The fourth-order valence-electron chi connectivity index (χ4n) is 2.25. The number of Topliss-reactive ketones (excluding diaryl/α,β-unsaturated/α-hetero) is 1. The summed E-state index contributed by atoms with van der Waals surface area (Å²) in [6, 6.07) is 12.0. The van der Waals surface area contributed by atoms with Crippen molar-refractivity contribution in [3.63, 3.8) is 0 Å². The smallest absolute Gasteiger partial charge is 0.244 e. The first-order valence-electron chi connectivity index (χ1n) is 8.14. The average Bonchev–Trinajstić information content (AvgIpc) is 3.18. The quantitative estimate of drug-likeness (QED) is 0.572. The van der Waals surface area contributed by atoms with Crippen LogP contribution in [0.2, 0.25) is 0 Å². The third-order valence-corrected chi connectivity index (χ3v) is 3.57. The molecule has 2 rings (SSSR count). The van der Waals surface area contributed by atoms with Crippen molar-refractivity contribution in [2.75, 3.05) is 13.1 Å². The fraction of sp³-hybridized carbons (Fsp3) is 0.211. The highest BCUT2D eigenvalue weighted by Gasteiger charge is 2.19. The van der Waals surface area contributed by atoms with Gasteiger partial charge in [-0.25, -0.2) is 0 Å². The van der Waals surface area contributed by atoms with Crippen LogP contribution in [0.5, 0.6) is 0 Å². The van der Waals surface area contributed by atoms with Gasteiger partial charge in [-0.15, -0.1) is 0 Å². The summed E-state index contributed by atoms with van der Waals surface area (Å²) in [5.41, 5.74) is 6.33. The van der Waals surface area contributed by atoms with Crippen molar-refractivity contribution in [3.8, 4) is 0 Å². The van der Waals surface area contributed by atoms with Crippen molar-refractivity contribution in [3.05, 3.63) is 66.1 Å². The lowest BCUT2D eigenvalue weighted by atomic mass is 10.0. The predicted molar refractivity (Wildman–Crippen MR) is 96.9 cm³/mol. The van der Waals surface area contributed by atoms with Crippen LogP contribution in [-0.4, -0.2) is 36.7 Å². The zero-order valence-corrected chi connectivity index (χ0v) is 14.2. The standard InChI is InChI=1S/C19H21N3O4/c20-12-17(23)16(11-14-5-2-1-3-6-14)22-19(25)13-21-18(24)9-8-15-7-4-10-26-15/h1-10,16H,11-13,20H2,(H,21,24)(H,22,25)/b9-8+/t16-/m1/s1. The summed E-state index contributed by atoms with van der Waals surface area (Å²) in [7, 11) is 0. The van der Waals surface area contributed by atoms with Crippen molar-refractivity contribution >= 4 is 23.7 Å². The summed E-state index contributed by atoms with van der Waals surface area (Å²) in [6.45, 7) is -0.416. The minimum atomic E-state index is -0.731. The molecule has 4 N–H and O–H groups in total. The second kappa shape index (κ2) is 9.95. The number of hydrogen-bond donors (Lipinski definition) is 3. The van der Waals surface area contributed by atoms with Gasteiger partial charge in [0.15, 0.2) is 5.78 Å². The first kappa shape index (κ1) is 19.1. The highest BCUT2D eigenvalue weighted by Crippen LogP contribution is 2.04. The number of carbonyl (C=O) groups excluding carboxylic acids is 3. The van der Waals surface area contributed by atoms with Crippen molar-refractivity contribution in [2.45, 2.75) is 12.5 Å². The minimum Gasteiger partial charge on any atom is -0.465 e. The van der Waals surface area contributed by atoms with E-state index in [0.717, 1.165) is 5.56 Å². The van der Waals surface area contributed by atoms with Crippen LogP contribution in [0.1, 0.15) is 11.3 Å². The molecule has 0 aliphatic carbocycles. The molecule has 0 radical (unpaired) electrons. The molecular weight excluding hydrogens is 334 g/mol. The second-order valence-electron chi connectivity index (χ2n) is 5.55. The molecular formula is C19H21N3O4. The Hall–Kier alpha value is -3.19. The molecule has 2 aromatic rings. The Balaban J connectivity index is 1.84. The Morgan fingerprint density at radius 1 is 1.12 bits per heavy atom. The van der Waals surface area contributed by atoms with E-state index in [1.54, 1.807) is 12.1 Å². The Morgan fingerprint density at radius 2 is 1.88 bits per heavy atom. The summed E-state index contributed by atoms with van der Waals surface area (Å²) >= 11 is 0. The van der Waals surface area contributed by atoms with E-state index in [1.807, 2.05) is 30.3 Å². The number of ketones is 1. The van der Waals surface area contributed by atoms with Crippen LogP contribution in [0.3, 0.4) is 0 Å². The van der Waals surface area contributed by atoms with E-state index in [-0.39, 0.29) is 18.9 Å². The number of nitrogens with one attached hydrogen (secondary N) is 2. The number of amides is 2. The first-order valence-corrected chi connectivity index (χ1v) is 8.14. The number of furan rings is 1. The minimum absolute atomic E-state index is 0.171. The summed E-state index contributed by atoms with van der Waals surface area (Å²) in [4.78, 5) is 35.7. The third-order valence-electron chi connectivity index (χ3n) is 3.57. The predicted octanol–water partition coefficient (Wildman–Crippen LogP) is 0.664. The number of nitrogens with two attached hydrogens (primary N) is 1. The highest BCUT2D eigenvalue weighted by atomic mass is 16.3. The Morgan fingerprint density at radius 3 is 2.54 bits per heavy atom. The molecule has 1 aromatic carbocycles. The van der Waals surface area contributed by atoms with Crippen LogP contribution < -0.4 is 16.4 Å². The topological polar surface area (TPSA) is 114 Å². The monoisotopic (exact) mass is 355 g/mol. The lowest BCUT2D eigenvalue weighted by Gasteiger charge is -2.17. The van der Waals surface area contributed by atoms with Gasteiger partial charge in [0.2, 0.25) is 11.8 Å². The zero-order valence-electron chi connectivity index (χ0n) is 14.2. The van der Waals surface area contributed by atoms with E-state index in [2.05, 4.69) is 10.6 Å². The molecule has 0 saturated carbocycles. The van der Waals surface area contributed by atoms with Gasteiger partial charge in [-0.3, -0.25) is 14.4 Å². The van der Waals surface area contributed by atoms with Gasteiger partial charge in [-0.2, -0.15) is 0 Å². The maximum Gasteiger partial charge on any atom is 0.244 e. The zero-order chi connectivity index (χ0) is 18.8. The highest BCUT2D eigenvalue weighted by molar-refractivity contribution is 5.95. The van der Waals surface area contributed by atoms with Crippen molar-refractivity contribution in [1.29, 1.82) is 0 Å². The van der Waals surface area contributed by atoms with Gasteiger partial charge in [0, 0.05) is 6.08 Å². The van der Waals surface area contributed by atoms with Crippen LogP contribution in [0.4, 0.5) is 0 Å². The molecule has 0 aliphatic heterocycles. The second-order valence-corrected chi connectivity index (χ2v) is 5.55. The van der Waals surface area contributed by atoms with Gasteiger partial charge in [0.05, 0.1) is 25.4 Å². The van der Waals surface area contributed by atoms with Gasteiger partial charge in [0.1, 0.15) is 5.76 Å². The fourth-order valence-corrected chi connectivity index (χ4v) is 2.25. The average molecular weight is 355 g/mol. The van der Waals surface area contributed by atoms with Crippen LogP contribution in [0.15, 0.2) is 59.2 Å². The van der Waals surface area contributed by atoms with Crippen molar-refractivity contribution in [1.82, 2.24) is 10.6 Å². The Kier molecular flexibility index (Phi) is 7.32. The largest absolute Gasteiger partial charge is 0.465 e. The number of benzene rings is 1. The summed E-state index contributed by atoms with van der Waals surface area (Å²) in [5, 5.41) is 5.06. The first-order chi connectivity index (χ1) is 12.6. The van der Waals surface area contributed by atoms with Gasteiger partial charge < -0.3 is 20.8 Å². The summed E-state index contributed by atoms with van der Waals surface area (Å²) in [6.07, 6.45) is 4.59. The molecule has 1 aromatic heterocycles. The number of carbonyl (C=O) groups is 3. The molecule has 26 heavy (non-hydrogen) atoms. The molecule has 0 bridgehead atoms. The van der Waals surface area contributed by atoms with Gasteiger partial charge >= 0.3 is 0 Å². The van der Waals surface area contributed by atoms with Crippen molar-refractivity contribution < 1.29 is 18.8 Å². The van der Waals surface area contributed by atoms with Gasteiger partial charge in [0.25, 0.3) is 0 Å². The van der Waals surface area contributed by atoms with E-state index in [0.29, 0.717) is 12.2 Å². The molecule has 0 aliphatic rings. The van der Waals surface area contributed by atoms with Crippen LogP contribution in [-0.2, 0) is 20.8 Å². The Labute approximate surface area is 151 Å². The lowest BCUT2D eigenvalue weighted by Crippen LogP contribution is -2.48. The Bertz CT molecular complexity index is 754. The lowest BCUT2D eigenvalue weighted by molar-refractivity contribution is -0.127. The molecule has 7 nitrogen and oxygen atoms in total. The number of hydrogen-bond acceptors (Lipinski definition) is 5. The molecule has 1 heterocycles. The number of rotatable bonds is 9. The molecule has 0 spiro atoms. The van der Waals surface area contributed by atoms with Crippen LogP contribution in [0, 0.1) is 0 Å². The van der Waals surface area contributed by atoms with Crippen LogP contribution >= 0.6 is 0 Å².